The molecule has 1 heterocycles. The van der Waals surface area contributed by atoms with Crippen molar-refractivity contribution < 1.29 is 14.7 Å². The predicted molar refractivity (Wildman–Crippen MR) is 150 cm³/mol. The highest BCUT2D eigenvalue weighted by Crippen LogP contribution is 2.42. The smallest absolute Gasteiger partial charge is 0.258 e. The minimum atomic E-state index is -0.670. The van der Waals surface area contributed by atoms with Gasteiger partial charge in [-0.15, -0.1) is 0 Å². The van der Waals surface area contributed by atoms with Gasteiger partial charge in [-0.2, -0.15) is 0 Å². The van der Waals surface area contributed by atoms with E-state index in [0.29, 0.717) is 17.0 Å². The number of nitrogens with zero attached hydrogens (tertiary/aromatic N) is 2. The molecular weight excluding hydrogens is 484 g/mol. The molecule has 0 aromatic heterocycles. The van der Waals surface area contributed by atoms with E-state index in [4.69, 9.17) is 11.6 Å². The number of rotatable bonds is 7. The molecule has 6 heteroatoms. The maximum Gasteiger partial charge on any atom is 0.258 e. The molecule has 1 aliphatic rings. The summed E-state index contributed by atoms with van der Waals surface area (Å²) in [6, 6.07) is 22.6. The number of carbonyl (C=O) groups excluding carboxylic acids is 2. The van der Waals surface area contributed by atoms with Crippen LogP contribution in [0.3, 0.4) is 0 Å². The van der Waals surface area contributed by atoms with Gasteiger partial charge in [0.15, 0.2) is 0 Å². The molecule has 2 unspecified atom stereocenters. The standard InChI is InChI=1S/C31H35ClN2O3/c1-21-20-29(34(22(2)35)26-17-15-25(32)16-18-26)27-9-5-6-10-28(27)33(21)30(36)24-13-11-23(12-14-24)8-7-19-31(3,4)37/h5-6,9-18,21,29,37H,7-8,19-20H2,1-4H3. The lowest BCUT2D eigenvalue weighted by molar-refractivity contribution is -0.117. The van der Waals surface area contributed by atoms with Gasteiger partial charge in [0.05, 0.1) is 11.6 Å². The van der Waals surface area contributed by atoms with E-state index in [1.165, 1.54) is 0 Å². The molecule has 1 aliphatic heterocycles. The Morgan fingerprint density at radius 1 is 1.03 bits per heavy atom. The minimum Gasteiger partial charge on any atom is -0.390 e. The molecule has 0 radical (unpaired) electrons. The van der Waals surface area contributed by atoms with Crippen LogP contribution in [0.2, 0.25) is 5.02 Å². The summed E-state index contributed by atoms with van der Waals surface area (Å²) in [4.78, 5) is 30.2. The summed E-state index contributed by atoms with van der Waals surface area (Å²) in [7, 11) is 0. The van der Waals surface area contributed by atoms with Crippen molar-refractivity contribution in [3.63, 3.8) is 0 Å². The third kappa shape index (κ3) is 6.23. The number of hydrogen-bond donors (Lipinski definition) is 1. The molecule has 4 rings (SSSR count). The van der Waals surface area contributed by atoms with Gasteiger partial charge in [-0.25, -0.2) is 0 Å². The van der Waals surface area contributed by atoms with Crippen molar-refractivity contribution in [1.29, 1.82) is 0 Å². The molecular formula is C31H35ClN2O3. The number of fused-ring (bicyclic) bond motifs is 1. The molecule has 2 amide bonds. The van der Waals surface area contributed by atoms with Crippen LogP contribution >= 0.6 is 11.6 Å². The Bertz CT molecular complexity index is 1250. The van der Waals surface area contributed by atoms with Crippen LogP contribution in [0.25, 0.3) is 0 Å². The SMILES string of the molecule is CC(=O)N(c1ccc(Cl)cc1)C1CC(C)N(C(=O)c2ccc(CCCC(C)(C)O)cc2)c2ccccc21. The molecule has 2 atom stereocenters. The molecule has 0 fully saturated rings. The van der Waals surface area contributed by atoms with Gasteiger partial charge in [0.2, 0.25) is 5.91 Å². The highest BCUT2D eigenvalue weighted by molar-refractivity contribution is 6.30. The minimum absolute atomic E-state index is 0.0534. The summed E-state index contributed by atoms with van der Waals surface area (Å²) in [5.74, 6) is -0.114. The van der Waals surface area contributed by atoms with Gasteiger partial charge in [0, 0.05) is 34.9 Å². The first-order valence-corrected chi connectivity index (χ1v) is 13.2. The van der Waals surface area contributed by atoms with Gasteiger partial charge >= 0.3 is 0 Å². The third-order valence-corrected chi connectivity index (χ3v) is 7.24. The van der Waals surface area contributed by atoms with E-state index in [9.17, 15) is 14.7 Å². The van der Waals surface area contributed by atoms with Gasteiger partial charge < -0.3 is 14.9 Å². The van der Waals surface area contributed by atoms with E-state index in [1.807, 2.05) is 86.3 Å². The average Bonchev–Trinajstić information content (AvgIpc) is 2.84. The number of benzene rings is 3. The number of aliphatic hydroxyl groups is 1. The summed E-state index contributed by atoms with van der Waals surface area (Å²) in [6.45, 7) is 7.25. The predicted octanol–water partition coefficient (Wildman–Crippen LogP) is 6.97. The van der Waals surface area contributed by atoms with Gasteiger partial charge in [-0.05, 0) is 100 Å². The molecule has 5 nitrogen and oxygen atoms in total. The topological polar surface area (TPSA) is 60.9 Å². The Kier molecular flexibility index (Phi) is 8.05. The third-order valence-electron chi connectivity index (χ3n) is 6.99. The van der Waals surface area contributed by atoms with E-state index in [1.54, 1.807) is 24.0 Å². The monoisotopic (exact) mass is 518 g/mol. The van der Waals surface area contributed by atoms with Crippen molar-refractivity contribution in [2.24, 2.45) is 0 Å². The van der Waals surface area contributed by atoms with Crippen LogP contribution < -0.4 is 9.80 Å². The molecule has 1 N–H and O–H groups in total. The lowest BCUT2D eigenvalue weighted by Gasteiger charge is -2.43. The second-order valence-electron chi connectivity index (χ2n) is 10.6. The van der Waals surface area contributed by atoms with Gasteiger partial charge in [0.25, 0.3) is 5.91 Å². The second kappa shape index (κ2) is 11.1. The Hall–Kier alpha value is -3.15. The van der Waals surface area contributed by atoms with E-state index < -0.39 is 5.60 Å². The summed E-state index contributed by atoms with van der Waals surface area (Å²) in [5.41, 5.74) is 3.66. The van der Waals surface area contributed by atoms with Crippen LogP contribution in [0.1, 0.15) is 74.5 Å². The Balaban J connectivity index is 1.60. The van der Waals surface area contributed by atoms with Crippen molar-refractivity contribution in [3.8, 4) is 0 Å². The van der Waals surface area contributed by atoms with Crippen molar-refractivity contribution in [2.75, 3.05) is 9.80 Å². The molecule has 0 spiro atoms. The van der Waals surface area contributed by atoms with Gasteiger partial charge in [-0.3, -0.25) is 9.59 Å². The number of anilines is 2. The molecule has 3 aromatic carbocycles. The molecule has 194 valence electrons. The van der Waals surface area contributed by atoms with Gasteiger partial charge in [-0.1, -0.05) is 41.9 Å². The van der Waals surface area contributed by atoms with Crippen molar-refractivity contribution in [1.82, 2.24) is 0 Å². The number of carbonyl (C=O) groups is 2. The molecule has 0 saturated heterocycles. The summed E-state index contributed by atoms with van der Waals surface area (Å²) < 4.78 is 0. The molecule has 0 bridgehead atoms. The fourth-order valence-corrected chi connectivity index (χ4v) is 5.32. The fraction of sp³-hybridized carbons (Fsp3) is 0.355. The summed E-state index contributed by atoms with van der Waals surface area (Å²) in [5, 5.41) is 10.6. The van der Waals surface area contributed by atoms with E-state index in [0.717, 1.165) is 41.8 Å². The molecule has 37 heavy (non-hydrogen) atoms. The highest BCUT2D eigenvalue weighted by Gasteiger charge is 2.38. The van der Waals surface area contributed by atoms with Gasteiger partial charge in [0.1, 0.15) is 0 Å². The van der Waals surface area contributed by atoms with Crippen LogP contribution in [-0.4, -0.2) is 28.6 Å². The Labute approximate surface area is 224 Å². The number of hydrogen-bond acceptors (Lipinski definition) is 3. The zero-order chi connectivity index (χ0) is 26.7. The first-order valence-electron chi connectivity index (χ1n) is 12.8. The average molecular weight is 519 g/mol. The number of amides is 2. The van der Waals surface area contributed by atoms with Crippen molar-refractivity contribution in [3.05, 3.63) is 94.5 Å². The van der Waals surface area contributed by atoms with Crippen LogP contribution in [0.4, 0.5) is 11.4 Å². The van der Waals surface area contributed by atoms with E-state index in [-0.39, 0.29) is 23.9 Å². The van der Waals surface area contributed by atoms with E-state index >= 15 is 0 Å². The zero-order valence-electron chi connectivity index (χ0n) is 21.9. The van der Waals surface area contributed by atoms with Crippen LogP contribution in [-0.2, 0) is 11.2 Å². The zero-order valence-corrected chi connectivity index (χ0v) is 22.7. The largest absolute Gasteiger partial charge is 0.390 e. The second-order valence-corrected chi connectivity index (χ2v) is 11.0. The quantitative estimate of drug-likeness (QED) is 0.367. The van der Waals surface area contributed by atoms with E-state index in [2.05, 4.69) is 0 Å². The number of para-hydroxylation sites is 1. The lowest BCUT2D eigenvalue weighted by Crippen LogP contribution is -2.47. The summed E-state index contributed by atoms with van der Waals surface area (Å²) >= 11 is 6.09. The van der Waals surface area contributed by atoms with Crippen LogP contribution in [0, 0.1) is 0 Å². The Morgan fingerprint density at radius 2 is 1.68 bits per heavy atom. The molecule has 3 aromatic rings. The Morgan fingerprint density at radius 3 is 2.30 bits per heavy atom. The maximum absolute atomic E-state index is 13.7. The van der Waals surface area contributed by atoms with Crippen molar-refractivity contribution >= 4 is 34.8 Å². The van der Waals surface area contributed by atoms with Crippen LogP contribution in [0.5, 0.6) is 0 Å². The van der Waals surface area contributed by atoms with Crippen LogP contribution in [0.15, 0.2) is 72.8 Å². The number of halogens is 1. The normalized spacial score (nSPS) is 17.3. The lowest BCUT2D eigenvalue weighted by atomic mass is 9.89. The first-order chi connectivity index (χ1) is 17.5. The maximum atomic E-state index is 13.7. The molecule has 0 saturated carbocycles. The van der Waals surface area contributed by atoms with Crippen molar-refractivity contribution in [2.45, 2.75) is 71.1 Å². The summed E-state index contributed by atoms with van der Waals surface area (Å²) in [6.07, 6.45) is 3.08. The molecule has 0 aliphatic carbocycles. The highest BCUT2D eigenvalue weighted by atomic mass is 35.5. The first kappa shape index (κ1) is 26.9. The fourth-order valence-electron chi connectivity index (χ4n) is 5.20. The number of aryl methyl sites for hydroxylation is 1.